The van der Waals surface area contributed by atoms with Gasteiger partial charge in [0.1, 0.15) is 11.9 Å². The molecule has 142 valence electrons. The molecule has 0 bridgehead atoms. The third-order valence-electron chi connectivity index (χ3n) is 4.97. The molecule has 2 aromatic rings. The van der Waals surface area contributed by atoms with Crippen LogP contribution in [0.1, 0.15) is 35.6 Å². The Hall–Kier alpha value is -2.73. The van der Waals surface area contributed by atoms with E-state index in [4.69, 9.17) is 5.73 Å². The minimum absolute atomic E-state index is 0.104. The number of hydrogen-bond acceptors (Lipinski definition) is 4. The second-order valence-electron chi connectivity index (χ2n) is 7.22. The molecule has 27 heavy (non-hydrogen) atoms. The van der Waals surface area contributed by atoms with Gasteiger partial charge in [0.05, 0.1) is 5.92 Å². The minimum Gasteiger partial charge on any atom is -0.340 e. The van der Waals surface area contributed by atoms with E-state index < -0.39 is 6.04 Å². The van der Waals surface area contributed by atoms with Crippen molar-refractivity contribution in [2.75, 3.05) is 18.4 Å². The molecule has 1 saturated heterocycles. The van der Waals surface area contributed by atoms with Crippen LogP contribution in [0.2, 0.25) is 0 Å². The van der Waals surface area contributed by atoms with Crippen molar-refractivity contribution < 1.29 is 9.59 Å². The summed E-state index contributed by atoms with van der Waals surface area (Å²) in [5.74, 6) is 0.0407. The smallest absolute Gasteiger partial charge is 0.244 e. The summed E-state index contributed by atoms with van der Waals surface area (Å²) >= 11 is 0. The van der Waals surface area contributed by atoms with Gasteiger partial charge in [-0.05, 0) is 43.9 Å². The quantitative estimate of drug-likeness (QED) is 0.870. The van der Waals surface area contributed by atoms with E-state index in [9.17, 15) is 9.59 Å². The number of aromatic nitrogens is 1. The van der Waals surface area contributed by atoms with Gasteiger partial charge in [-0.2, -0.15) is 0 Å². The highest BCUT2D eigenvalue weighted by Crippen LogP contribution is 2.22. The number of hydrogen-bond donors (Lipinski definition) is 2. The molecular weight excluding hydrogens is 340 g/mol. The Morgan fingerprint density at radius 1 is 1.15 bits per heavy atom. The van der Waals surface area contributed by atoms with Gasteiger partial charge in [-0.1, -0.05) is 35.9 Å². The van der Waals surface area contributed by atoms with Crippen molar-refractivity contribution in [2.24, 2.45) is 11.7 Å². The molecule has 0 aliphatic carbocycles. The third kappa shape index (κ3) is 4.71. The molecule has 1 aromatic heterocycles. The normalized spacial score (nSPS) is 18.0. The number of benzene rings is 1. The molecule has 3 N–H and O–H groups in total. The van der Waals surface area contributed by atoms with Crippen LogP contribution in [0.3, 0.4) is 0 Å². The van der Waals surface area contributed by atoms with E-state index in [1.807, 2.05) is 44.2 Å². The van der Waals surface area contributed by atoms with E-state index in [2.05, 4.69) is 10.3 Å². The molecule has 0 radical (unpaired) electrons. The Bertz CT molecular complexity index is 802. The van der Waals surface area contributed by atoms with Crippen LogP contribution >= 0.6 is 0 Å². The topological polar surface area (TPSA) is 88.3 Å². The summed E-state index contributed by atoms with van der Waals surface area (Å²) in [6.07, 6.45) is 3.25. The molecule has 1 aliphatic heterocycles. The zero-order chi connectivity index (χ0) is 19.4. The molecule has 6 heteroatoms. The van der Waals surface area contributed by atoms with Gasteiger partial charge in [-0.3, -0.25) is 9.59 Å². The first-order valence-corrected chi connectivity index (χ1v) is 9.28. The number of carbonyl (C=O) groups excluding carboxylic acids is 2. The zero-order valence-corrected chi connectivity index (χ0v) is 15.8. The van der Waals surface area contributed by atoms with Crippen molar-refractivity contribution >= 4 is 17.6 Å². The van der Waals surface area contributed by atoms with Crippen LogP contribution in [0.25, 0.3) is 0 Å². The number of rotatable bonds is 4. The van der Waals surface area contributed by atoms with Crippen molar-refractivity contribution in [3.8, 4) is 0 Å². The summed E-state index contributed by atoms with van der Waals surface area (Å²) < 4.78 is 0. The van der Waals surface area contributed by atoms with Gasteiger partial charge in [-0.15, -0.1) is 0 Å². The molecule has 2 heterocycles. The Balaban J connectivity index is 1.62. The number of nitrogens with two attached hydrogens (primary N) is 1. The fourth-order valence-corrected chi connectivity index (χ4v) is 3.27. The van der Waals surface area contributed by atoms with Crippen molar-refractivity contribution in [3.05, 3.63) is 59.3 Å². The first-order valence-electron chi connectivity index (χ1n) is 9.28. The van der Waals surface area contributed by atoms with E-state index in [-0.39, 0.29) is 17.7 Å². The zero-order valence-electron chi connectivity index (χ0n) is 15.8. The van der Waals surface area contributed by atoms with Crippen molar-refractivity contribution in [2.45, 2.75) is 32.7 Å². The lowest BCUT2D eigenvalue weighted by Gasteiger charge is -2.33. The Morgan fingerprint density at radius 3 is 2.52 bits per heavy atom. The number of pyridine rings is 1. The Morgan fingerprint density at radius 2 is 1.85 bits per heavy atom. The average molecular weight is 366 g/mol. The van der Waals surface area contributed by atoms with E-state index in [1.165, 1.54) is 0 Å². The highest BCUT2D eigenvalue weighted by molar-refractivity contribution is 5.92. The van der Waals surface area contributed by atoms with Crippen LogP contribution < -0.4 is 11.1 Å². The van der Waals surface area contributed by atoms with Crippen LogP contribution in [0, 0.1) is 19.8 Å². The number of piperidine rings is 1. The number of nitrogens with zero attached hydrogens (tertiary/aromatic N) is 2. The molecule has 0 saturated carbocycles. The van der Waals surface area contributed by atoms with Gasteiger partial charge < -0.3 is 16.0 Å². The minimum atomic E-state index is -0.703. The van der Waals surface area contributed by atoms with E-state index in [0.717, 1.165) is 29.5 Å². The third-order valence-corrected chi connectivity index (χ3v) is 4.97. The second-order valence-corrected chi connectivity index (χ2v) is 7.22. The van der Waals surface area contributed by atoms with Crippen LogP contribution in [0.5, 0.6) is 0 Å². The predicted octanol–water partition coefficient (Wildman–Crippen LogP) is 2.58. The first-order chi connectivity index (χ1) is 12.9. The summed E-state index contributed by atoms with van der Waals surface area (Å²) in [6, 6.07) is 10.6. The Labute approximate surface area is 159 Å². The molecular formula is C21H26N4O2. The maximum Gasteiger partial charge on any atom is 0.244 e. The molecule has 2 unspecified atom stereocenters. The number of carbonyl (C=O) groups is 2. The Kier molecular flexibility index (Phi) is 5.86. The summed E-state index contributed by atoms with van der Waals surface area (Å²) in [4.78, 5) is 31.3. The summed E-state index contributed by atoms with van der Waals surface area (Å²) in [6.45, 7) is 4.95. The molecule has 1 aromatic carbocycles. The monoisotopic (exact) mass is 366 g/mol. The van der Waals surface area contributed by atoms with Gasteiger partial charge in [0.15, 0.2) is 0 Å². The summed E-state index contributed by atoms with van der Waals surface area (Å²) in [5.41, 5.74) is 9.13. The van der Waals surface area contributed by atoms with E-state index >= 15 is 0 Å². The van der Waals surface area contributed by atoms with Gasteiger partial charge >= 0.3 is 0 Å². The largest absolute Gasteiger partial charge is 0.340 e. The average Bonchev–Trinajstić information content (AvgIpc) is 2.69. The van der Waals surface area contributed by atoms with Crippen LogP contribution in [-0.2, 0) is 9.59 Å². The highest BCUT2D eigenvalue weighted by Gasteiger charge is 2.31. The number of amides is 2. The summed E-state index contributed by atoms with van der Waals surface area (Å²) in [5, 5.41) is 2.85. The maximum absolute atomic E-state index is 12.8. The fourth-order valence-electron chi connectivity index (χ4n) is 3.27. The molecule has 2 atom stereocenters. The number of aryl methyl sites for hydroxylation is 2. The second kappa shape index (κ2) is 8.31. The van der Waals surface area contributed by atoms with Crippen LogP contribution in [0.15, 0.2) is 42.6 Å². The lowest BCUT2D eigenvalue weighted by atomic mass is 9.95. The predicted molar refractivity (Wildman–Crippen MR) is 105 cm³/mol. The molecule has 1 fully saturated rings. The lowest BCUT2D eigenvalue weighted by Crippen LogP contribution is -2.47. The number of nitrogens with one attached hydrogen (secondary N) is 1. The standard InChI is InChI=1S/C21H26N4O2/c1-14-5-8-16(9-6-14)19(22)21(27)25-11-3-4-17(13-25)20(26)24-18-10-7-15(2)12-23-18/h5-10,12,17,19H,3-4,11,13,22H2,1-2H3,(H,23,24,26). The van der Waals surface area contributed by atoms with Crippen LogP contribution in [0.4, 0.5) is 5.82 Å². The van der Waals surface area contributed by atoms with E-state index in [0.29, 0.717) is 18.9 Å². The highest BCUT2D eigenvalue weighted by atomic mass is 16.2. The maximum atomic E-state index is 12.8. The number of likely N-dealkylation sites (tertiary alicyclic amines) is 1. The van der Waals surface area contributed by atoms with Crippen LogP contribution in [-0.4, -0.2) is 34.8 Å². The van der Waals surface area contributed by atoms with Crippen molar-refractivity contribution in [3.63, 3.8) is 0 Å². The summed E-state index contributed by atoms with van der Waals surface area (Å²) in [7, 11) is 0. The molecule has 0 spiro atoms. The molecule has 6 nitrogen and oxygen atoms in total. The SMILES string of the molecule is Cc1ccc(C(N)C(=O)N2CCCC(C(=O)Nc3ccc(C)cn3)C2)cc1. The fraction of sp³-hybridized carbons (Fsp3) is 0.381. The van der Waals surface area contributed by atoms with Gasteiger partial charge in [0.25, 0.3) is 0 Å². The van der Waals surface area contributed by atoms with Gasteiger partial charge in [0.2, 0.25) is 11.8 Å². The van der Waals surface area contributed by atoms with Gasteiger partial charge in [0, 0.05) is 19.3 Å². The molecule has 1 aliphatic rings. The number of anilines is 1. The van der Waals surface area contributed by atoms with Gasteiger partial charge in [-0.25, -0.2) is 4.98 Å². The van der Waals surface area contributed by atoms with E-state index in [1.54, 1.807) is 17.2 Å². The molecule has 2 amide bonds. The van der Waals surface area contributed by atoms with Crippen molar-refractivity contribution in [1.29, 1.82) is 0 Å². The first kappa shape index (κ1) is 19.0. The van der Waals surface area contributed by atoms with Crippen molar-refractivity contribution in [1.82, 2.24) is 9.88 Å². The lowest BCUT2D eigenvalue weighted by molar-refractivity contribution is -0.136. The molecule has 3 rings (SSSR count).